The molecule has 0 saturated carbocycles. The van der Waals surface area contributed by atoms with Crippen LogP contribution in [0.25, 0.3) is 0 Å². The van der Waals surface area contributed by atoms with E-state index in [1.807, 2.05) is 0 Å². The van der Waals surface area contributed by atoms with Crippen molar-refractivity contribution < 1.29 is 9.53 Å². The van der Waals surface area contributed by atoms with Crippen molar-refractivity contribution in [3.8, 4) is 0 Å². The molecule has 1 N–H and O–H groups in total. The van der Waals surface area contributed by atoms with Crippen LogP contribution in [0.15, 0.2) is 24.3 Å². The molecule has 0 bridgehead atoms. The Labute approximate surface area is 133 Å². The molecule has 1 aliphatic rings. The summed E-state index contributed by atoms with van der Waals surface area (Å²) in [6, 6.07) is 8.80. The largest absolute Gasteiger partial charge is 0.368 e. The molecule has 1 saturated heterocycles. The lowest BCUT2D eigenvalue weighted by molar-refractivity contribution is -0.130. The first kappa shape index (κ1) is 17.0. The highest BCUT2D eigenvalue weighted by Gasteiger charge is 2.25. The van der Waals surface area contributed by atoms with Crippen LogP contribution in [0.2, 0.25) is 0 Å². The number of hydrogen-bond acceptors (Lipinski definition) is 3. The third-order valence-corrected chi connectivity index (χ3v) is 4.41. The number of likely N-dealkylation sites (N-methyl/N-ethyl adjacent to an activating group) is 1. The minimum atomic E-state index is -0.254. The quantitative estimate of drug-likeness (QED) is 0.842. The summed E-state index contributed by atoms with van der Waals surface area (Å²) in [5, 5.41) is 3.08. The van der Waals surface area contributed by atoms with Gasteiger partial charge in [-0.1, -0.05) is 43.7 Å². The van der Waals surface area contributed by atoms with Gasteiger partial charge in [0.15, 0.2) is 0 Å². The number of carbonyl (C=O) groups is 1. The van der Waals surface area contributed by atoms with Crippen molar-refractivity contribution in [3.63, 3.8) is 0 Å². The summed E-state index contributed by atoms with van der Waals surface area (Å²) < 4.78 is 5.46. The molecule has 0 aromatic heterocycles. The maximum atomic E-state index is 12.2. The fraction of sp³-hybridized carbons (Fsp3) is 0.611. The van der Waals surface area contributed by atoms with Gasteiger partial charge < -0.3 is 10.1 Å². The molecule has 4 nitrogen and oxygen atoms in total. The highest BCUT2D eigenvalue weighted by atomic mass is 16.5. The topological polar surface area (TPSA) is 41.6 Å². The summed E-state index contributed by atoms with van der Waals surface area (Å²) in [5.41, 5.74) is 2.51. The molecule has 0 spiro atoms. The van der Waals surface area contributed by atoms with Gasteiger partial charge >= 0.3 is 0 Å². The minimum Gasteiger partial charge on any atom is -0.368 e. The molecule has 2 unspecified atom stereocenters. The number of carbonyl (C=O) groups excluding carboxylic acids is 1. The Morgan fingerprint density at radius 3 is 2.55 bits per heavy atom. The average molecular weight is 304 g/mol. The molecule has 1 aromatic rings. The third kappa shape index (κ3) is 4.31. The first-order chi connectivity index (χ1) is 10.7. The predicted octanol–water partition coefficient (Wildman–Crippen LogP) is 2.67. The Kier molecular flexibility index (Phi) is 6.40. The summed E-state index contributed by atoms with van der Waals surface area (Å²) in [4.78, 5) is 14.6. The Morgan fingerprint density at radius 1 is 1.32 bits per heavy atom. The second-order valence-electron chi connectivity index (χ2n) is 5.89. The highest BCUT2D eigenvalue weighted by Crippen LogP contribution is 2.21. The van der Waals surface area contributed by atoms with Crippen LogP contribution in [0.3, 0.4) is 0 Å². The summed E-state index contributed by atoms with van der Waals surface area (Å²) in [6.07, 6.45) is 1.57. The highest BCUT2D eigenvalue weighted by molar-refractivity contribution is 5.81. The van der Waals surface area contributed by atoms with Crippen molar-refractivity contribution in [2.24, 2.45) is 0 Å². The Morgan fingerprint density at radius 2 is 2.00 bits per heavy atom. The van der Waals surface area contributed by atoms with Crippen molar-refractivity contribution in [3.05, 3.63) is 35.4 Å². The lowest BCUT2D eigenvalue weighted by Crippen LogP contribution is -2.41. The smallest absolute Gasteiger partial charge is 0.249 e. The molecule has 22 heavy (non-hydrogen) atoms. The number of aryl methyl sites for hydroxylation is 1. The van der Waals surface area contributed by atoms with Gasteiger partial charge in [-0.05, 0) is 38.4 Å². The van der Waals surface area contributed by atoms with E-state index < -0.39 is 0 Å². The lowest BCUT2D eigenvalue weighted by Gasteiger charge is -2.30. The summed E-state index contributed by atoms with van der Waals surface area (Å²) >= 11 is 0. The van der Waals surface area contributed by atoms with E-state index in [2.05, 4.69) is 55.3 Å². The van der Waals surface area contributed by atoms with E-state index in [4.69, 9.17) is 4.74 Å². The summed E-state index contributed by atoms with van der Waals surface area (Å²) in [5.74, 6) is 0.0294. The molecule has 2 rings (SSSR count). The summed E-state index contributed by atoms with van der Waals surface area (Å²) in [6.45, 7) is 9.67. The molecule has 0 aliphatic carbocycles. The zero-order chi connectivity index (χ0) is 15.9. The fourth-order valence-corrected chi connectivity index (χ4v) is 3.01. The zero-order valence-electron chi connectivity index (χ0n) is 14.0. The van der Waals surface area contributed by atoms with Gasteiger partial charge in [0.2, 0.25) is 5.91 Å². The van der Waals surface area contributed by atoms with E-state index in [-0.39, 0.29) is 18.1 Å². The third-order valence-electron chi connectivity index (χ3n) is 4.41. The van der Waals surface area contributed by atoms with Gasteiger partial charge in [0.1, 0.15) is 6.10 Å². The van der Waals surface area contributed by atoms with Crippen LogP contribution < -0.4 is 5.32 Å². The van der Waals surface area contributed by atoms with Crippen molar-refractivity contribution in [2.75, 3.05) is 26.2 Å². The molecule has 1 amide bonds. The number of nitrogens with zero attached hydrogens (tertiary/aromatic N) is 1. The van der Waals surface area contributed by atoms with Crippen molar-refractivity contribution >= 4 is 5.91 Å². The number of rotatable bonds is 7. The Bertz CT molecular complexity index is 462. The molecule has 1 aromatic carbocycles. The standard InChI is InChI=1S/C18H28N2O2/c1-4-20(5-2)16(15-10-8-14(3)9-11-15)13-19-18(21)17-7-6-12-22-17/h8-11,16-17H,4-7,12-13H2,1-3H3,(H,19,21). The minimum absolute atomic E-state index is 0.0294. The van der Waals surface area contributed by atoms with E-state index in [1.54, 1.807) is 0 Å². The van der Waals surface area contributed by atoms with E-state index in [0.29, 0.717) is 13.2 Å². The van der Waals surface area contributed by atoms with Crippen LogP contribution in [0.4, 0.5) is 0 Å². The van der Waals surface area contributed by atoms with Gasteiger partial charge in [0, 0.05) is 13.2 Å². The van der Waals surface area contributed by atoms with Gasteiger partial charge in [-0.25, -0.2) is 0 Å². The van der Waals surface area contributed by atoms with Crippen molar-refractivity contribution in [1.82, 2.24) is 10.2 Å². The summed E-state index contributed by atoms with van der Waals surface area (Å²) in [7, 11) is 0. The van der Waals surface area contributed by atoms with Gasteiger partial charge in [0.05, 0.1) is 6.04 Å². The number of ether oxygens (including phenoxy) is 1. The van der Waals surface area contributed by atoms with Crippen LogP contribution in [0.1, 0.15) is 43.9 Å². The second-order valence-corrected chi connectivity index (χ2v) is 5.89. The lowest BCUT2D eigenvalue weighted by atomic mass is 10.0. The number of benzene rings is 1. The van der Waals surface area contributed by atoms with Gasteiger partial charge in [-0.3, -0.25) is 9.69 Å². The van der Waals surface area contributed by atoms with Crippen LogP contribution in [-0.4, -0.2) is 43.2 Å². The molecule has 1 heterocycles. The molecular formula is C18H28N2O2. The SMILES string of the molecule is CCN(CC)C(CNC(=O)C1CCCO1)c1ccc(C)cc1. The Balaban J connectivity index is 2.04. The predicted molar refractivity (Wildman–Crippen MR) is 88.8 cm³/mol. The zero-order valence-corrected chi connectivity index (χ0v) is 14.0. The maximum Gasteiger partial charge on any atom is 0.249 e. The molecule has 1 fully saturated rings. The van der Waals surface area contributed by atoms with Crippen LogP contribution in [0, 0.1) is 6.92 Å². The number of nitrogens with one attached hydrogen (secondary N) is 1. The van der Waals surface area contributed by atoms with Crippen LogP contribution in [-0.2, 0) is 9.53 Å². The molecular weight excluding hydrogens is 276 g/mol. The van der Waals surface area contributed by atoms with Crippen molar-refractivity contribution in [2.45, 2.75) is 45.8 Å². The average Bonchev–Trinajstić information content (AvgIpc) is 3.07. The van der Waals surface area contributed by atoms with Crippen LogP contribution in [0.5, 0.6) is 0 Å². The van der Waals surface area contributed by atoms with Gasteiger partial charge in [-0.2, -0.15) is 0 Å². The van der Waals surface area contributed by atoms with Gasteiger partial charge in [0.25, 0.3) is 0 Å². The van der Waals surface area contributed by atoms with Crippen molar-refractivity contribution in [1.29, 1.82) is 0 Å². The fourth-order valence-electron chi connectivity index (χ4n) is 3.01. The first-order valence-electron chi connectivity index (χ1n) is 8.35. The van der Waals surface area contributed by atoms with Crippen LogP contribution >= 0.6 is 0 Å². The molecule has 0 radical (unpaired) electrons. The molecule has 2 atom stereocenters. The maximum absolute atomic E-state index is 12.2. The van der Waals surface area contributed by atoms with E-state index in [0.717, 1.165) is 25.9 Å². The van der Waals surface area contributed by atoms with E-state index in [1.165, 1.54) is 11.1 Å². The number of hydrogen-bond donors (Lipinski definition) is 1. The van der Waals surface area contributed by atoms with E-state index in [9.17, 15) is 4.79 Å². The monoisotopic (exact) mass is 304 g/mol. The molecule has 4 heteroatoms. The van der Waals surface area contributed by atoms with E-state index >= 15 is 0 Å². The van der Waals surface area contributed by atoms with Gasteiger partial charge in [-0.15, -0.1) is 0 Å². The Hall–Kier alpha value is -1.39. The molecule has 122 valence electrons. The first-order valence-corrected chi connectivity index (χ1v) is 8.35. The normalized spacial score (nSPS) is 19.4. The number of amides is 1. The second kappa shape index (κ2) is 8.30. The molecule has 1 aliphatic heterocycles.